The number of aromatic nitrogens is 2. The van der Waals surface area contributed by atoms with E-state index < -0.39 is 6.04 Å². The molecule has 3 heterocycles. The molecular formula is C16H20N4O3. The second-order valence-electron chi connectivity index (χ2n) is 5.84. The van der Waals surface area contributed by atoms with Gasteiger partial charge in [0, 0.05) is 19.3 Å². The molecular weight excluding hydrogens is 296 g/mol. The lowest BCUT2D eigenvalue weighted by molar-refractivity contribution is -0.133. The summed E-state index contributed by atoms with van der Waals surface area (Å²) in [4.78, 5) is 26.2. The van der Waals surface area contributed by atoms with Crippen LogP contribution in [0.3, 0.4) is 0 Å². The van der Waals surface area contributed by atoms with Crippen molar-refractivity contribution in [2.45, 2.75) is 31.7 Å². The lowest BCUT2D eigenvalue weighted by Crippen LogP contribution is -2.49. The molecule has 0 radical (unpaired) electrons. The minimum Gasteiger partial charge on any atom is -0.472 e. The van der Waals surface area contributed by atoms with Crippen LogP contribution in [0, 0.1) is 0 Å². The van der Waals surface area contributed by atoms with E-state index in [1.54, 1.807) is 13.0 Å². The van der Waals surface area contributed by atoms with Gasteiger partial charge in [-0.2, -0.15) is 5.10 Å². The van der Waals surface area contributed by atoms with Gasteiger partial charge in [-0.1, -0.05) is 0 Å². The second kappa shape index (κ2) is 6.68. The molecule has 2 amide bonds. The SMILES string of the molecule is C[C@H](NC(=O)c1ccoc1)C(=O)N1CCC(c2cn[nH]c2)CC1. The molecule has 2 N–H and O–H groups in total. The molecule has 0 unspecified atom stereocenters. The summed E-state index contributed by atoms with van der Waals surface area (Å²) in [6.07, 6.45) is 8.37. The first-order chi connectivity index (χ1) is 11.1. The fraction of sp³-hybridized carbons (Fsp3) is 0.438. The number of carbonyl (C=O) groups excluding carboxylic acids is 2. The first-order valence-electron chi connectivity index (χ1n) is 7.75. The molecule has 3 rings (SSSR count). The smallest absolute Gasteiger partial charge is 0.255 e. The minimum absolute atomic E-state index is 0.0486. The molecule has 122 valence electrons. The summed E-state index contributed by atoms with van der Waals surface area (Å²) in [6, 6.07) is 1.02. The van der Waals surface area contributed by atoms with E-state index in [0.29, 0.717) is 24.6 Å². The molecule has 1 fully saturated rings. The molecule has 2 aromatic heterocycles. The van der Waals surface area contributed by atoms with Crippen LogP contribution < -0.4 is 5.32 Å². The summed E-state index contributed by atoms with van der Waals surface area (Å²) in [7, 11) is 0. The Kier molecular flexibility index (Phi) is 4.45. The molecule has 0 saturated carbocycles. The summed E-state index contributed by atoms with van der Waals surface area (Å²) in [5.74, 6) is 0.0917. The summed E-state index contributed by atoms with van der Waals surface area (Å²) in [5, 5.41) is 9.52. The normalized spacial score (nSPS) is 17.0. The molecule has 1 aliphatic rings. The zero-order valence-electron chi connectivity index (χ0n) is 13.0. The number of amides is 2. The lowest BCUT2D eigenvalue weighted by atomic mass is 9.91. The monoisotopic (exact) mass is 316 g/mol. The third-order valence-corrected chi connectivity index (χ3v) is 4.30. The third kappa shape index (κ3) is 3.44. The van der Waals surface area contributed by atoms with Crippen molar-refractivity contribution in [2.75, 3.05) is 13.1 Å². The highest BCUT2D eigenvalue weighted by molar-refractivity contribution is 5.97. The van der Waals surface area contributed by atoms with Gasteiger partial charge in [0.15, 0.2) is 0 Å². The van der Waals surface area contributed by atoms with Gasteiger partial charge in [-0.3, -0.25) is 14.7 Å². The van der Waals surface area contributed by atoms with Gasteiger partial charge in [0.25, 0.3) is 5.91 Å². The number of hydrogen-bond acceptors (Lipinski definition) is 4. The number of hydrogen-bond donors (Lipinski definition) is 2. The molecule has 0 aromatic carbocycles. The van der Waals surface area contributed by atoms with E-state index in [-0.39, 0.29) is 11.8 Å². The van der Waals surface area contributed by atoms with Crippen LogP contribution in [0.4, 0.5) is 0 Å². The fourth-order valence-corrected chi connectivity index (χ4v) is 2.93. The van der Waals surface area contributed by atoms with Crippen molar-refractivity contribution in [3.63, 3.8) is 0 Å². The molecule has 0 bridgehead atoms. The van der Waals surface area contributed by atoms with Gasteiger partial charge in [0.2, 0.25) is 5.91 Å². The zero-order chi connectivity index (χ0) is 16.2. The van der Waals surface area contributed by atoms with Gasteiger partial charge in [-0.05, 0) is 37.3 Å². The number of nitrogens with zero attached hydrogens (tertiary/aromatic N) is 2. The van der Waals surface area contributed by atoms with Crippen LogP contribution in [0.15, 0.2) is 35.4 Å². The number of rotatable bonds is 4. The van der Waals surface area contributed by atoms with Crippen LogP contribution in [0.1, 0.15) is 41.6 Å². The van der Waals surface area contributed by atoms with Crippen LogP contribution in [0.2, 0.25) is 0 Å². The predicted octanol–water partition coefficient (Wildman–Crippen LogP) is 1.53. The average Bonchev–Trinajstić information content (AvgIpc) is 3.27. The minimum atomic E-state index is -0.553. The maximum atomic E-state index is 12.5. The fourth-order valence-electron chi connectivity index (χ4n) is 2.93. The molecule has 7 heteroatoms. The highest BCUT2D eigenvalue weighted by atomic mass is 16.3. The lowest BCUT2D eigenvalue weighted by Gasteiger charge is -2.33. The molecule has 23 heavy (non-hydrogen) atoms. The standard InChI is InChI=1S/C16H20N4O3/c1-11(19-15(21)13-4-7-23-10-13)16(22)20-5-2-12(3-6-20)14-8-17-18-9-14/h4,7-12H,2-3,5-6H2,1H3,(H,17,18)(H,19,21)/t11-/m0/s1. The maximum absolute atomic E-state index is 12.5. The predicted molar refractivity (Wildman–Crippen MR) is 82.8 cm³/mol. The van der Waals surface area contributed by atoms with Gasteiger partial charge in [0.05, 0.1) is 18.0 Å². The van der Waals surface area contributed by atoms with Crippen molar-refractivity contribution in [3.05, 3.63) is 42.1 Å². The number of piperidine rings is 1. The van der Waals surface area contributed by atoms with Crippen LogP contribution in [-0.2, 0) is 4.79 Å². The maximum Gasteiger partial charge on any atom is 0.255 e. The van der Waals surface area contributed by atoms with Gasteiger partial charge in [0.1, 0.15) is 12.3 Å². The third-order valence-electron chi connectivity index (χ3n) is 4.30. The Labute approximate surface area is 134 Å². The highest BCUT2D eigenvalue weighted by Gasteiger charge is 2.28. The Morgan fingerprint density at radius 3 is 2.83 bits per heavy atom. The van der Waals surface area contributed by atoms with Crippen LogP contribution in [-0.4, -0.2) is 46.0 Å². The van der Waals surface area contributed by atoms with E-state index in [4.69, 9.17) is 4.42 Å². The highest BCUT2D eigenvalue weighted by Crippen LogP contribution is 2.27. The number of furan rings is 1. The zero-order valence-corrected chi connectivity index (χ0v) is 13.0. The van der Waals surface area contributed by atoms with E-state index in [0.717, 1.165) is 12.8 Å². The number of nitrogens with one attached hydrogen (secondary N) is 2. The number of carbonyl (C=O) groups is 2. The van der Waals surface area contributed by atoms with Gasteiger partial charge < -0.3 is 14.6 Å². The summed E-state index contributed by atoms with van der Waals surface area (Å²) in [5.41, 5.74) is 1.61. The van der Waals surface area contributed by atoms with Gasteiger partial charge >= 0.3 is 0 Å². The molecule has 1 aliphatic heterocycles. The number of likely N-dealkylation sites (tertiary alicyclic amines) is 1. The molecule has 1 saturated heterocycles. The molecule has 2 aromatic rings. The summed E-state index contributed by atoms with van der Waals surface area (Å²) >= 11 is 0. The first kappa shape index (κ1) is 15.3. The van der Waals surface area contributed by atoms with Crippen LogP contribution in [0.5, 0.6) is 0 Å². The van der Waals surface area contributed by atoms with Crippen molar-refractivity contribution in [1.82, 2.24) is 20.4 Å². The van der Waals surface area contributed by atoms with E-state index in [9.17, 15) is 9.59 Å². The van der Waals surface area contributed by atoms with Crippen molar-refractivity contribution in [1.29, 1.82) is 0 Å². The Morgan fingerprint density at radius 2 is 2.22 bits per heavy atom. The van der Waals surface area contributed by atoms with Crippen molar-refractivity contribution in [2.24, 2.45) is 0 Å². The molecule has 1 atom stereocenters. The number of aromatic amines is 1. The van der Waals surface area contributed by atoms with Crippen molar-refractivity contribution in [3.8, 4) is 0 Å². The Balaban J connectivity index is 1.51. The van der Waals surface area contributed by atoms with Crippen molar-refractivity contribution < 1.29 is 14.0 Å². The average molecular weight is 316 g/mol. The summed E-state index contributed by atoms with van der Waals surface area (Å²) < 4.78 is 4.88. The van der Waals surface area contributed by atoms with E-state index >= 15 is 0 Å². The van der Waals surface area contributed by atoms with Gasteiger partial charge in [-0.15, -0.1) is 0 Å². The Hall–Kier alpha value is -2.57. The molecule has 0 aliphatic carbocycles. The summed E-state index contributed by atoms with van der Waals surface area (Å²) in [6.45, 7) is 3.10. The molecule has 7 nitrogen and oxygen atoms in total. The second-order valence-corrected chi connectivity index (χ2v) is 5.84. The van der Waals surface area contributed by atoms with E-state index in [1.165, 1.54) is 18.1 Å². The number of H-pyrrole nitrogens is 1. The quantitative estimate of drug-likeness (QED) is 0.895. The topological polar surface area (TPSA) is 91.2 Å². The van der Waals surface area contributed by atoms with Gasteiger partial charge in [-0.25, -0.2) is 0 Å². The van der Waals surface area contributed by atoms with E-state index in [1.807, 2.05) is 17.3 Å². The van der Waals surface area contributed by atoms with Crippen LogP contribution in [0.25, 0.3) is 0 Å². The largest absolute Gasteiger partial charge is 0.472 e. The Morgan fingerprint density at radius 1 is 1.43 bits per heavy atom. The van der Waals surface area contributed by atoms with E-state index in [2.05, 4.69) is 15.5 Å². The Bertz CT molecular complexity index is 643. The molecule has 0 spiro atoms. The van der Waals surface area contributed by atoms with Crippen LogP contribution >= 0.6 is 0 Å². The first-order valence-corrected chi connectivity index (χ1v) is 7.75. The van der Waals surface area contributed by atoms with Crippen molar-refractivity contribution >= 4 is 11.8 Å².